The molecule has 1 saturated heterocycles. The Morgan fingerprint density at radius 3 is 2.55 bits per heavy atom. The Hall–Kier alpha value is -1.35. The Morgan fingerprint density at radius 1 is 1.30 bits per heavy atom. The molecule has 1 aromatic carbocycles. The van der Waals surface area contributed by atoms with Crippen LogP contribution in [-0.2, 0) is 11.2 Å². The molecule has 0 radical (unpaired) electrons. The number of nitrogens with zero attached hydrogens (tertiary/aromatic N) is 1. The molecular weight excluding hydrogens is 248 g/mol. The van der Waals surface area contributed by atoms with Gasteiger partial charge in [-0.3, -0.25) is 4.79 Å². The first-order chi connectivity index (χ1) is 9.70. The fraction of sp³-hybridized carbons (Fsp3) is 0.588. The molecule has 0 bridgehead atoms. The van der Waals surface area contributed by atoms with Crippen LogP contribution >= 0.6 is 0 Å². The van der Waals surface area contributed by atoms with Crippen LogP contribution in [0.25, 0.3) is 0 Å². The lowest BCUT2D eigenvalue weighted by Gasteiger charge is -2.33. The number of carbonyl (C=O) groups is 1. The molecular formula is C17H26N2O. The van der Waals surface area contributed by atoms with Gasteiger partial charge in [0.25, 0.3) is 0 Å². The monoisotopic (exact) mass is 274 g/mol. The summed E-state index contributed by atoms with van der Waals surface area (Å²) in [6, 6.07) is 10.3. The maximum atomic E-state index is 12.2. The summed E-state index contributed by atoms with van der Waals surface area (Å²) >= 11 is 0. The van der Waals surface area contributed by atoms with Gasteiger partial charge in [0.1, 0.15) is 0 Å². The van der Waals surface area contributed by atoms with Crippen molar-refractivity contribution in [1.82, 2.24) is 4.90 Å². The van der Waals surface area contributed by atoms with Crippen LogP contribution in [-0.4, -0.2) is 29.9 Å². The van der Waals surface area contributed by atoms with Gasteiger partial charge in [0.05, 0.1) is 6.04 Å². The lowest BCUT2D eigenvalue weighted by molar-refractivity contribution is -0.134. The summed E-state index contributed by atoms with van der Waals surface area (Å²) in [4.78, 5) is 14.1. The van der Waals surface area contributed by atoms with E-state index in [4.69, 9.17) is 5.73 Å². The molecule has 3 heteroatoms. The molecule has 0 unspecified atom stereocenters. The number of rotatable bonds is 5. The maximum absolute atomic E-state index is 12.2. The number of piperidine rings is 1. The molecule has 0 saturated carbocycles. The summed E-state index contributed by atoms with van der Waals surface area (Å²) in [5, 5.41) is 0. The molecule has 1 aromatic rings. The highest BCUT2D eigenvalue weighted by atomic mass is 16.2. The zero-order chi connectivity index (χ0) is 14.4. The van der Waals surface area contributed by atoms with Gasteiger partial charge in [0, 0.05) is 13.1 Å². The Balaban J connectivity index is 1.79. The lowest BCUT2D eigenvalue weighted by atomic mass is 9.90. The van der Waals surface area contributed by atoms with Gasteiger partial charge in [0.2, 0.25) is 5.91 Å². The Morgan fingerprint density at radius 2 is 1.95 bits per heavy atom. The molecule has 3 nitrogen and oxygen atoms in total. The molecule has 1 fully saturated rings. The number of hydrogen-bond acceptors (Lipinski definition) is 2. The number of hydrogen-bond donors (Lipinski definition) is 1. The van der Waals surface area contributed by atoms with Gasteiger partial charge in [-0.15, -0.1) is 0 Å². The van der Waals surface area contributed by atoms with Crippen molar-refractivity contribution >= 4 is 5.91 Å². The molecule has 1 atom stereocenters. The third kappa shape index (κ3) is 4.07. The first kappa shape index (κ1) is 15.0. The van der Waals surface area contributed by atoms with Crippen molar-refractivity contribution in [3.05, 3.63) is 35.9 Å². The normalized spacial score (nSPS) is 18.0. The minimum Gasteiger partial charge on any atom is -0.341 e. The van der Waals surface area contributed by atoms with Gasteiger partial charge in [-0.05, 0) is 37.2 Å². The standard InChI is InChI=1S/C17H26N2O/c1-2-6-16(18)17(20)19-11-9-15(10-12-19)13-14-7-4-3-5-8-14/h3-5,7-8,15-16H,2,6,9-13,18H2,1H3/t16-/m1/s1. The number of carbonyl (C=O) groups excluding carboxylic acids is 1. The van der Waals surface area contributed by atoms with Crippen LogP contribution in [0.5, 0.6) is 0 Å². The minimum atomic E-state index is -0.300. The second-order valence-electron chi connectivity index (χ2n) is 5.85. The number of likely N-dealkylation sites (tertiary alicyclic amines) is 1. The third-order valence-corrected chi connectivity index (χ3v) is 4.21. The fourth-order valence-electron chi connectivity index (χ4n) is 2.97. The Labute approximate surface area is 122 Å². The summed E-state index contributed by atoms with van der Waals surface area (Å²) in [5.41, 5.74) is 7.33. The van der Waals surface area contributed by atoms with E-state index in [2.05, 4.69) is 37.3 Å². The van der Waals surface area contributed by atoms with Crippen molar-refractivity contribution in [2.24, 2.45) is 11.7 Å². The fourth-order valence-corrected chi connectivity index (χ4v) is 2.97. The topological polar surface area (TPSA) is 46.3 Å². The summed E-state index contributed by atoms with van der Waals surface area (Å²) in [6.45, 7) is 3.81. The van der Waals surface area contributed by atoms with E-state index in [1.807, 2.05) is 4.90 Å². The van der Waals surface area contributed by atoms with E-state index < -0.39 is 0 Å². The average Bonchev–Trinajstić information content (AvgIpc) is 2.48. The molecule has 110 valence electrons. The van der Waals surface area contributed by atoms with Gasteiger partial charge in [-0.25, -0.2) is 0 Å². The summed E-state index contributed by atoms with van der Waals surface area (Å²) < 4.78 is 0. The van der Waals surface area contributed by atoms with Gasteiger partial charge < -0.3 is 10.6 Å². The van der Waals surface area contributed by atoms with Gasteiger partial charge in [0.15, 0.2) is 0 Å². The third-order valence-electron chi connectivity index (χ3n) is 4.21. The van der Waals surface area contributed by atoms with Crippen LogP contribution in [0.1, 0.15) is 38.2 Å². The smallest absolute Gasteiger partial charge is 0.239 e. The van der Waals surface area contributed by atoms with E-state index in [-0.39, 0.29) is 11.9 Å². The summed E-state index contributed by atoms with van der Waals surface area (Å²) in [6.07, 6.45) is 5.09. The second kappa shape index (κ2) is 7.44. The first-order valence-corrected chi connectivity index (χ1v) is 7.79. The highest BCUT2D eigenvalue weighted by Crippen LogP contribution is 2.22. The van der Waals surface area contributed by atoms with Crippen molar-refractivity contribution in [2.75, 3.05) is 13.1 Å². The number of amides is 1. The average molecular weight is 274 g/mol. The molecule has 1 heterocycles. The van der Waals surface area contributed by atoms with Crippen LogP contribution in [0.15, 0.2) is 30.3 Å². The molecule has 0 aromatic heterocycles. The molecule has 1 aliphatic heterocycles. The molecule has 0 aliphatic carbocycles. The van der Waals surface area contributed by atoms with Crippen molar-refractivity contribution in [3.63, 3.8) is 0 Å². The second-order valence-corrected chi connectivity index (χ2v) is 5.85. The van der Waals surface area contributed by atoms with Crippen LogP contribution in [0.2, 0.25) is 0 Å². The van der Waals surface area contributed by atoms with Crippen molar-refractivity contribution in [2.45, 2.75) is 45.1 Å². The maximum Gasteiger partial charge on any atom is 0.239 e. The predicted octanol–water partition coefficient (Wildman–Crippen LogP) is 2.60. The van der Waals surface area contributed by atoms with Crippen LogP contribution < -0.4 is 5.73 Å². The van der Waals surface area contributed by atoms with E-state index in [1.54, 1.807) is 0 Å². The quantitative estimate of drug-likeness (QED) is 0.897. The molecule has 20 heavy (non-hydrogen) atoms. The van der Waals surface area contributed by atoms with Gasteiger partial charge in [-0.1, -0.05) is 43.7 Å². The van der Waals surface area contributed by atoms with E-state index in [0.29, 0.717) is 5.92 Å². The van der Waals surface area contributed by atoms with Crippen LogP contribution in [0, 0.1) is 5.92 Å². The van der Waals surface area contributed by atoms with E-state index >= 15 is 0 Å². The highest BCUT2D eigenvalue weighted by molar-refractivity contribution is 5.81. The predicted molar refractivity (Wildman–Crippen MR) is 82.3 cm³/mol. The zero-order valence-electron chi connectivity index (χ0n) is 12.4. The van der Waals surface area contributed by atoms with Crippen molar-refractivity contribution in [1.29, 1.82) is 0 Å². The van der Waals surface area contributed by atoms with Crippen molar-refractivity contribution < 1.29 is 4.79 Å². The number of nitrogens with two attached hydrogens (primary N) is 1. The van der Waals surface area contributed by atoms with Gasteiger partial charge >= 0.3 is 0 Å². The molecule has 1 aliphatic rings. The largest absolute Gasteiger partial charge is 0.341 e. The van der Waals surface area contributed by atoms with Crippen LogP contribution in [0.4, 0.5) is 0 Å². The van der Waals surface area contributed by atoms with Crippen LogP contribution in [0.3, 0.4) is 0 Å². The highest BCUT2D eigenvalue weighted by Gasteiger charge is 2.25. The Bertz CT molecular complexity index is 410. The van der Waals surface area contributed by atoms with E-state index in [9.17, 15) is 4.79 Å². The minimum absolute atomic E-state index is 0.144. The van der Waals surface area contributed by atoms with E-state index in [0.717, 1.165) is 45.2 Å². The number of benzene rings is 1. The first-order valence-electron chi connectivity index (χ1n) is 7.79. The lowest BCUT2D eigenvalue weighted by Crippen LogP contribution is -2.47. The van der Waals surface area contributed by atoms with Crippen molar-refractivity contribution in [3.8, 4) is 0 Å². The Kier molecular flexibility index (Phi) is 5.60. The molecule has 0 spiro atoms. The SMILES string of the molecule is CCC[C@@H](N)C(=O)N1CCC(Cc2ccccc2)CC1. The zero-order valence-corrected chi connectivity index (χ0v) is 12.4. The van der Waals surface area contributed by atoms with Gasteiger partial charge in [-0.2, -0.15) is 0 Å². The molecule has 2 N–H and O–H groups in total. The summed E-state index contributed by atoms with van der Waals surface area (Å²) in [7, 11) is 0. The van der Waals surface area contributed by atoms with E-state index in [1.165, 1.54) is 5.56 Å². The summed E-state index contributed by atoms with van der Waals surface area (Å²) in [5.74, 6) is 0.842. The molecule has 1 amide bonds. The molecule has 2 rings (SSSR count).